The lowest BCUT2D eigenvalue weighted by atomic mass is 9.84. The highest BCUT2D eigenvalue weighted by atomic mass is 15.1. The van der Waals surface area contributed by atoms with Gasteiger partial charge in [-0.05, 0) is 58.3 Å². The number of piperidine rings is 2. The van der Waals surface area contributed by atoms with Crippen molar-refractivity contribution in [1.29, 1.82) is 0 Å². The molecule has 0 aromatic carbocycles. The van der Waals surface area contributed by atoms with Crippen LogP contribution in [0.5, 0.6) is 0 Å². The molecule has 0 spiro atoms. The third-order valence-corrected chi connectivity index (χ3v) is 3.81. The number of likely N-dealkylation sites (tertiary alicyclic amines) is 1. The van der Waals surface area contributed by atoms with Gasteiger partial charge in [-0.1, -0.05) is 0 Å². The number of hydrogen-bond donors (Lipinski definition) is 2. The summed E-state index contributed by atoms with van der Waals surface area (Å²) in [6.07, 6.45) is 5.04. The van der Waals surface area contributed by atoms with Gasteiger partial charge in [-0.3, -0.25) is 0 Å². The van der Waals surface area contributed by atoms with Crippen molar-refractivity contribution in [3.05, 3.63) is 0 Å². The summed E-state index contributed by atoms with van der Waals surface area (Å²) in [5, 5.41) is 3.64. The number of hydrogen-bond acceptors (Lipinski definition) is 3. The van der Waals surface area contributed by atoms with Crippen LogP contribution in [0, 0.1) is 5.92 Å². The fraction of sp³-hybridized carbons (Fsp3) is 1.00. The molecule has 2 aliphatic rings. The van der Waals surface area contributed by atoms with E-state index in [9.17, 15) is 0 Å². The first-order valence-corrected chi connectivity index (χ1v) is 5.93. The molecule has 2 aliphatic heterocycles. The van der Waals surface area contributed by atoms with Gasteiger partial charge in [0.2, 0.25) is 0 Å². The fourth-order valence-corrected chi connectivity index (χ4v) is 2.77. The van der Waals surface area contributed by atoms with Crippen LogP contribution in [0.4, 0.5) is 0 Å². The van der Waals surface area contributed by atoms with Gasteiger partial charge in [0, 0.05) is 12.1 Å². The topological polar surface area (TPSA) is 41.3 Å². The van der Waals surface area contributed by atoms with E-state index in [1.165, 1.54) is 32.4 Å². The number of nitrogens with zero attached hydrogens (tertiary/aromatic N) is 1. The standard InChI is InChI=1S/C11H23N3/c1-14-6-3-9(4-7-14)11-8-10(12)2-5-13-11/h9-11,13H,2-8,12H2,1H3/t10?,11-/m0/s1. The Hall–Kier alpha value is -0.120. The molecule has 3 heteroatoms. The molecule has 0 aromatic rings. The Morgan fingerprint density at radius 3 is 2.57 bits per heavy atom. The van der Waals surface area contributed by atoms with Crippen LogP contribution in [0.1, 0.15) is 25.7 Å². The molecule has 2 heterocycles. The summed E-state index contributed by atoms with van der Waals surface area (Å²) in [6.45, 7) is 3.65. The largest absolute Gasteiger partial charge is 0.328 e. The summed E-state index contributed by atoms with van der Waals surface area (Å²) in [4.78, 5) is 2.43. The molecule has 2 fully saturated rings. The second-order valence-corrected chi connectivity index (χ2v) is 4.99. The van der Waals surface area contributed by atoms with E-state index >= 15 is 0 Å². The van der Waals surface area contributed by atoms with Crippen LogP contribution in [0.25, 0.3) is 0 Å². The lowest BCUT2D eigenvalue weighted by molar-refractivity contribution is 0.164. The highest BCUT2D eigenvalue weighted by molar-refractivity contribution is 4.87. The smallest absolute Gasteiger partial charge is 0.0111 e. The lowest BCUT2D eigenvalue weighted by Crippen LogP contribution is -2.49. The summed E-state index contributed by atoms with van der Waals surface area (Å²) < 4.78 is 0. The minimum Gasteiger partial charge on any atom is -0.328 e. The first-order valence-electron chi connectivity index (χ1n) is 5.93. The molecule has 1 unspecified atom stereocenters. The van der Waals surface area contributed by atoms with Crippen LogP contribution in [-0.4, -0.2) is 43.7 Å². The average Bonchev–Trinajstić information content (AvgIpc) is 2.19. The van der Waals surface area contributed by atoms with Crippen LogP contribution >= 0.6 is 0 Å². The number of nitrogens with one attached hydrogen (secondary N) is 1. The second-order valence-electron chi connectivity index (χ2n) is 4.99. The van der Waals surface area contributed by atoms with Crippen LogP contribution in [-0.2, 0) is 0 Å². The van der Waals surface area contributed by atoms with Crippen LogP contribution in [0.3, 0.4) is 0 Å². The molecule has 2 rings (SSSR count). The molecule has 0 amide bonds. The highest BCUT2D eigenvalue weighted by Gasteiger charge is 2.28. The molecule has 82 valence electrons. The minimum atomic E-state index is 0.445. The van der Waals surface area contributed by atoms with Gasteiger partial charge in [0.15, 0.2) is 0 Å². The van der Waals surface area contributed by atoms with Crippen molar-refractivity contribution in [3.63, 3.8) is 0 Å². The molecule has 3 N–H and O–H groups in total. The van der Waals surface area contributed by atoms with E-state index in [2.05, 4.69) is 17.3 Å². The van der Waals surface area contributed by atoms with Gasteiger partial charge in [0.25, 0.3) is 0 Å². The second kappa shape index (κ2) is 4.60. The summed E-state index contributed by atoms with van der Waals surface area (Å²) in [6, 6.07) is 1.15. The van der Waals surface area contributed by atoms with Crippen molar-refractivity contribution >= 4 is 0 Å². The van der Waals surface area contributed by atoms with Crippen molar-refractivity contribution in [1.82, 2.24) is 10.2 Å². The van der Waals surface area contributed by atoms with Crippen molar-refractivity contribution in [2.24, 2.45) is 11.7 Å². The van der Waals surface area contributed by atoms with Crippen LogP contribution < -0.4 is 11.1 Å². The van der Waals surface area contributed by atoms with E-state index in [4.69, 9.17) is 5.73 Å². The molecule has 0 saturated carbocycles. The molecule has 0 radical (unpaired) electrons. The van der Waals surface area contributed by atoms with E-state index < -0.39 is 0 Å². The van der Waals surface area contributed by atoms with Crippen molar-refractivity contribution < 1.29 is 0 Å². The zero-order valence-corrected chi connectivity index (χ0v) is 9.21. The minimum absolute atomic E-state index is 0.445. The zero-order chi connectivity index (χ0) is 9.97. The Morgan fingerprint density at radius 1 is 1.21 bits per heavy atom. The molecule has 2 saturated heterocycles. The van der Waals surface area contributed by atoms with E-state index in [1.807, 2.05) is 0 Å². The molecule has 2 atom stereocenters. The van der Waals surface area contributed by atoms with Gasteiger partial charge < -0.3 is 16.0 Å². The number of rotatable bonds is 1. The maximum atomic E-state index is 6.01. The summed E-state index contributed by atoms with van der Waals surface area (Å²) in [7, 11) is 2.22. The third-order valence-electron chi connectivity index (χ3n) is 3.81. The van der Waals surface area contributed by atoms with Crippen molar-refractivity contribution in [3.8, 4) is 0 Å². The van der Waals surface area contributed by atoms with Crippen molar-refractivity contribution in [2.75, 3.05) is 26.7 Å². The average molecular weight is 197 g/mol. The third kappa shape index (κ3) is 2.47. The van der Waals surface area contributed by atoms with Gasteiger partial charge in [-0.15, -0.1) is 0 Å². The predicted molar refractivity (Wildman–Crippen MR) is 59.2 cm³/mol. The fourth-order valence-electron chi connectivity index (χ4n) is 2.77. The first kappa shape index (κ1) is 10.4. The Morgan fingerprint density at radius 2 is 1.93 bits per heavy atom. The Bertz CT molecular complexity index is 175. The summed E-state index contributed by atoms with van der Waals surface area (Å²) in [5.74, 6) is 0.873. The molecular weight excluding hydrogens is 174 g/mol. The highest BCUT2D eigenvalue weighted by Crippen LogP contribution is 2.24. The van der Waals surface area contributed by atoms with Crippen molar-refractivity contribution in [2.45, 2.75) is 37.8 Å². The molecule has 14 heavy (non-hydrogen) atoms. The Kier molecular flexibility index (Phi) is 3.42. The molecule has 0 aromatic heterocycles. The van der Waals surface area contributed by atoms with E-state index in [-0.39, 0.29) is 0 Å². The molecule has 3 nitrogen and oxygen atoms in total. The zero-order valence-electron chi connectivity index (χ0n) is 9.21. The van der Waals surface area contributed by atoms with Gasteiger partial charge in [0.05, 0.1) is 0 Å². The van der Waals surface area contributed by atoms with Gasteiger partial charge in [0.1, 0.15) is 0 Å². The quantitative estimate of drug-likeness (QED) is 0.639. The molecule has 0 bridgehead atoms. The van der Waals surface area contributed by atoms with Gasteiger partial charge in [-0.2, -0.15) is 0 Å². The SMILES string of the molecule is CN1CCC([C@@H]2CC(N)CCN2)CC1. The van der Waals surface area contributed by atoms with E-state index in [0.29, 0.717) is 12.1 Å². The Labute approximate surface area is 87.0 Å². The van der Waals surface area contributed by atoms with Crippen LogP contribution in [0.15, 0.2) is 0 Å². The van der Waals surface area contributed by atoms with Gasteiger partial charge >= 0.3 is 0 Å². The molecular formula is C11H23N3. The van der Waals surface area contributed by atoms with Gasteiger partial charge in [-0.25, -0.2) is 0 Å². The normalized spacial score (nSPS) is 37.3. The summed E-state index contributed by atoms with van der Waals surface area (Å²) >= 11 is 0. The predicted octanol–water partition coefficient (Wildman–Crippen LogP) is 0.408. The van der Waals surface area contributed by atoms with E-state index in [1.54, 1.807) is 0 Å². The van der Waals surface area contributed by atoms with E-state index in [0.717, 1.165) is 18.9 Å². The first-order chi connectivity index (χ1) is 6.75. The Balaban J connectivity index is 1.82. The molecule has 0 aliphatic carbocycles. The number of nitrogens with two attached hydrogens (primary N) is 1. The lowest BCUT2D eigenvalue weighted by Gasteiger charge is -2.38. The van der Waals surface area contributed by atoms with Crippen LogP contribution in [0.2, 0.25) is 0 Å². The maximum absolute atomic E-state index is 6.01. The maximum Gasteiger partial charge on any atom is 0.0111 e. The summed E-state index contributed by atoms with van der Waals surface area (Å²) in [5.41, 5.74) is 6.01. The monoisotopic (exact) mass is 197 g/mol.